The molecule has 2 aromatic carbocycles. The quantitative estimate of drug-likeness (QED) is 0.761. The van der Waals surface area contributed by atoms with Gasteiger partial charge in [-0.3, -0.25) is 0 Å². The molecule has 2 N–H and O–H groups in total. The minimum Gasteiger partial charge on any atom is -0.459 e. The van der Waals surface area contributed by atoms with Gasteiger partial charge in [-0.25, -0.2) is 0 Å². The van der Waals surface area contributed by atoms with Gasteiger partial charge in [-0.1, -0.05) is 29.8 Å². The van der Waals surface area contributed by atoms with Crippen molar-refractivity contribution in [2.45, 2.75) is 33.2 Å². The number of rotatable bonds is 3. The standard InChI is InChI=1S/C19H21NO/c1-12-4-7-18-16(8-12)11-19(21-18)17(20)10-15-6-5-13(2)14(3)9-15/h4-9,11,17H,10,20H2,1-3H3. The lowest BCUT2D eigenvalue weighted by Gasteiger charge is -2.10. The Kier molecular flexibility index (Phi) is 3.56. The number of furan rings is 1. The van der Waals surface area contributed by atoms with Crippen LogP contribution in [-0.2, 0) is 6.42 Å². The summed E-state index contributed by atoms with van der Waals surface area (Å²) in [4.78, 5) is 0. The summed E-state index contributed by atoms with van der Waals surface area (Å²) in [6.45, 7) is 6.34. The van der Waals surface area contributed by atoms with Crippen LogP contribution in [0.1, 0.15) is 34.1 Å². The van der Waals surface area contributed by atoms with E-state index < -0.39 is 0 Å². The molecular weight excluding hydrogens is 258 g/mol. The zero-order valence-electron chi connectivity index (χ0n) is 12.8. The third-order valence-electron chi connectivity index (χ3n) is 4.08. The summed E-state index contributed by atoms with van der Waals surface area (Å²) in [5, 5.41) is 1.13. The van der Waals surface area contributed by atoms with Crippen LogP contribution in [0.25, 0.3) is 11.0 Å². The Bertz CT molecular complexity index is 785. The normalized spacial score (nSPS) is 12.8. The van der Waals surface area contributed by atoms with Crippen LogP contribution in [-0.4, -0.2) is 0 Å². The summed E-state index contributed by atoms with van der Waals surface area (Å²) in [6.07, 6.45) is 0.792. The lowest BCUT2D eigenvalue weighted by molar-refractivity contribution is 0.494. The van der Waals surface area contributed by atoms with Crippen LogP contribution in [0.2, 0.25) is 0 Å². The van der Waals surface area contributed by atoms with E-state index in [1.807, 2.05) is 6.07 Å². The van der Waals surface area contributed by atoms with Crippen molar-refractivity contribution in [2.24, 2.45) is 5.73 Å². The number of hydrogen-bond acceptors (Lipinski definition) is 2. The van der Waals surface area contributed by atoms with Gasteiger partial charge >= 0.3 is 0 Å². The summed E-state index contributed by atoms with van der Waals surface area (Å²) in [5.41, 5.74) is 12.3. The van der Waals surface area contributed by atoms with E-state index >= 15 is 0 Å². The first-order chi connectivity index (χ1) is 10.0. The number of benzene rings is 2. The highest BCUT2D eigenvalue weighted by atomic mass is 16.3. The van der Waals surface area contributed by atoms with Crippen LogP contribution in [0.4, 0.5) is 0 Å². The van der Waals surface area contributed by atoms with Gasteiger partial charge in [-0.2, -0.15) is 0 Å². The monoisotopic (exact) mass is 279 g/mol. The Morgan fingerprint density at radius 2 is 1.76 bits per heavy atom. The highest BCUT2D eigenvalue weighted by Crippen LogP contribution is 2.26. The van der Waals surface area contributed by atoms with Crippen molar-refractivity contribution in [3.05, 3.63) is 70.5 Å². The summed E-state index contributed by atoms with van der Waals surface area (Å²) in [7, 11) is 0. The Hall–Kier alpha value is -2.06. The van der Waals surface area contributed by atoms with Gasteiger partial charge in [0, 0.05) is 5.39 Å². The van der Waals surface area contributed by atoms with Gasteiger partial charge in [0.05, 0.1) is 6.04 Å². The second-order valence-corrected chi connectivity index (χ2v) is 5.92. The average Bonchev–Trinajstić information content (AvgIpc) is 2.86. The van der Waals surface area contributed by atoms with Crippen molar-refractivity contribution >= 4 is 11.0 Å². The minimum absolute atomic E-state index is 0.111. The average molecular weight is 279 g/mol. The second kappa shape index (κ2) is 5.38. The van der Waals surface area contributed by atoms with Gasteiger partial charge < -0.3 is 10.2 Å². The van der Waals surface area contributed by atoms with Crippen molar-refractivity contribution in [3.8, 4) is 0 Å². The second-order valence-electron chi connectivity index (χ2n) is 5.92. The maximum absolute atomic E-state index is 6.32. The van der Waals surface area contributed by atoms with Crippen LogP contribution in [0, 0.1) is 20.8 Å². The summed E-state index contributed by atoms with van der Waals surface area (Å²) < 4.78 is 5.89. The smallest absolute Gasteiger partial charge is 0.134 e. The van der Waals surface area contributed by atoms with E-state index in [1.54, 1.807) is 0 Å². The van der Waals surface area contributed by atoms with Gasteiger partial charge in [0.25, 0.3) is 0 Å². The molecule has 0 amide bonds. The largest absolute Gasteiger partial charge is 0.459 e. The van der Waals surface area contributed by atoms with E-state index in [9.17, 15) is 0 Å². The maximum Gasteiger partial charge on any atom is 0.134 e. The molecule has 0 fully saturated rings. The molecule has 0 aliphatic heterocycles. The third-order valence-corrected chi connectivity index (χ3v) is 4.08. The van der Waals surface area contributed by atoms with E-state index in [1.165, 1.54) is 22.3 Å². The SMILES string of the molecule is Cc1ccc2oc(C(N)Cc3ccc(C)c(C)c3)cc2c1. The van der Waals surface area contributed by atoms with Crippen LogP contribution < -0.4 is 5.73 Å². The molecule has 1 unspecified atom stereocenters. The predicted octanol–water partition coefficient (Wildman–Crippen LogP) is 4.60. The Balaban J connectivity index is 1.85. The first kappa shape index (κ1) is 13.9. The Morgan fingerprint density at radius 3 is 2.52 bits per heavy atom. The first-order valence-electron chi connectivity index (χ1n) is 7.35. The minimum atomic E-state index is -0.111. The summed E-state index contributed by atoms with van der Waals surface area (Å²) in [6, 6.07) is 14.7. The van der Waals surface area contributed by atoms with E-state index in [2.05, 4.69) is 57.2 Å². The van der Waals surface area contributed by atoms with Gasteiger partial charge in [0.2, 0.25) is 0 Å². The molecule has 0 bridgehead atoms. The molecular formula is C19H21NO. The fourth-order valence-corrected chi connectivity index (χ4v) is 2.65. The fourth-order valence-electron chi connectivity index (χ4n) is 2.65. The number of fused-ring (bicyclic) bond motifs is 1. The Morgan fingerprint density at radius 1 is 0.952 bits per heavy atom. The molecule has 0 radical (unpaired) electrons. The van der Waals surface area contributed by atoms with Crippen LogP contribution >= 0.6 is 0 Å². The predicted molar refractivity (Wildman–Crippen MR) is 87.5 cm³/mol. The molecule has 0 aliphatic carbocycles. The summed E-state index contributed by atoms with van der Waals surface area (Å²) >= 11 is 0. The zero-order chi connectivity index (χ0) is 15.0. The van der Waals surface area contributed by atoms with Gasteiger partial charge in [-0.05, 0) is 62.1 Å². The van der Waals surface area contributed by atoms with Crippen molar-refractivity contribution in [3.63, 3.8) is 0 Å². The number of nitrogens with two attached hydrogens (primary N) is 1. The first-order valence-corrected chi connectivity index (χ1v) is 7.35. The molecule has 0 aliphatic rings. The molecule has 3 aromatic rings. The van der Waals surface area contributed by atoms with E-state index in [0.29, 0.717) is 0 Å². The topological polar surface area (TPSA) is 39.2 Å². The van der Waals surface area contributed by atoms with Crippen molar-refractivity contribution in [1.82, 2.24) is 0 Å². The van der Waals surface area contributed by atoms with E-state index in [-0.39, 0.29) is 6.04 Å². The molecule has 1 aromatic heterocycles. The fraction of sp³-hybridized carbons (Fsp3) is 0.263. The van der Waals surface area contributed by atoms with Crippen LogP contribution in [0.15, 0.2) is 46.9 Å². The van der Waals surface area contributed by atoms with E-state index in [4.69, 9.17) is 10.2 Å². The highest BCUT2D eigenvalue weighted by Gasteiger charge is 2.13. The summed E-state index contributed by atoms with van der Waals surface area (Å²) in [5.74, 6) is 0.855. The Labute approximate surface area is 125 Å². The van der Waals surface area contributed by atoms with Crippen molar-refractivity contribution in [2.75, 3.05) is 0 Å². The van der Waals surface area contributed by atoms with Crippen molar-refractivity contribution in [1.29, 1.82) is 0 Å². The van der Waals surface area contributed by atoms with Gasteiger partial charge in [0.15, 0.2) is 0 Å². The van der Waals surface area contributed by atoms with Crippen LogP contribution in [0.5, 0.6) is 0 Å². The third kappa shape index (κ3) is 2.86. The molecule has 21 heavy (non-hydrogen) atoms. The molecule has 2 heteroatoms. The van der Waals surface area contributed by atoms with E-state index in [0.717, 1.165) is 23.2 Å². The lowest BCUT2D eigenvalue weighted by atomic mass is 10.00. The molecule has 108 valence electrons. The molecule has 3 rings (SSSR count). The highest BCUT2D eigenvalue weighted by molar-refractivity contribution is 5.78. The number of aryl methyl sites for hydroxylation is 3. The van der Waals surface area contributed by atoms with Crippen molar-refractivity contribution < 1.29 is 4.42 Å². The molecule has 2 nitrogen and oxygen atoms in total. The molecule has 1 heterocycles. The molecule has 0 saturated heterocycles. The molecule has 1 atom stereocenters. The number of hydrogen-bond donors (Lipinski definition) is 1. The lowest BCUT2D eigenvalue weighted by Crippen LogP contribution is -2.12. The molecule has 0 saturated carbocycles. The van der Waals surface area contributed by atoms with Gasteiger partial charge in [-0.15, -0.1) is 0 Å². The van der Waals surface area contributed by atoms with Gasteiger partial charge in [0.1, 0.15) is 11.3 Å². The van der Waals surface area contributed by atoms with Crippen LogP contribution in [0.3, 0.4) is 0 Å². The zero-order valence-corrected chi connectivity index (χ0v) is 12.8. The molecule has 0 spiro atoms. The maximum atomic E-state index is 6.32.